The number of thioether (sulfide) groups is 1. The summed E-state index contributed by atoms with van der Waals surface area (Å²) in [6.07, 6.45) is 2.35. The molecule has 3 N–H and O–H groups in total. The van der Waals surface area contributed by atoms with Crippen molar-refractivity contribution in [2.45, 2.75) is 38.0 Å². The fraction of sp³-hybridized carbons (Fsp3) is 0.533. The van der Waals surface area contributed by atoms with Gasteiger partial charge in [-0.2, -0.15) is 11.8 Å². The Hall–Kier alpha value is -0.783. The molecule has 20 heavy (non-hydrogen) atoms. The van der Waals surface area contributed by atoms with Gasteiger partial charge in [-0.05, 0) is 12.2 Å². The zero-order valence-corrected chi connectivity index (χ0v) is 14.2. The Balaban J connectivity index is 2.19. The zero-order valence-electron chi connectivity index (χ0n) is 12.3. The molecule has 5 heteroatoms. The summed E-state index contributed by atoms with van der Waals surface area (Å²) in [5.74, 6) is 0.602. The van der Waals surface area contributed by atoms with Crippen molar-refractivity contribution in [2.75, 3.05) is 11.5 Å². The van der Waals surface area contributed by atoms with Crippen molar-refractivity contribution in [3.05, 3.63) is 30.3 Å². The maximum atomic E-state index is 10.6. The summed E-state index contributed by atoms with van der Waals surface area (Å²) in [4.78, 5) is 10.6. The fourth-order valence-corrected chi connectivity index (χ4v) is 5.58. The van der Waals surface area contributed by atoms with E-state index in [-0.39, 0.29) is 0 Å². The Labute approximate surface area is 127 Å². The molecular formula is C15H25NO2SSi. The lowest BCUT2D eigenvalue weighted by atomic mass is 10.4. The maximum absolute atomic E-state index is 10.6. The van der Waals surface area contributed by atoms with Crippen LogP contribution in [-0.2, 0) is 4.79 Å². The van der Waals surface area contributed by atoms with Crippen LogP contribution in [0.2, 0.25) is 19.1 Å². The number of rotatable bonds is 9. The highest BCUT2D eigenvalue weighted by molar-refractivity contribution is 7.99. The summed E-state index contributed by atoms with van der Waals surface area (Å²) in [5.41, 5.74) is 5.46. The molecule has 112 valence electrons. The van der Waals surface area contributed by atoms with Gasteiger partial charge in [0.15, 0.2) is 0 Å². The second kappa shape index (κ2) is 8.49. The monoisotopic (exact) mass is 311 g/mol. The summed E-state index contributed by atoms with van der Waals surface area (Å²) in [7, 11) is -1.31. The van der Waals surface area contributed by atoms with Gasteiger partial charge in [-0.1, -0.05) is 61.1 Å². The van der Waals surface area contributed by atoms with Crippen molar-refractivity contribution in [1.29, 1.82) is 0 Å². The van der Waals surface area contributed by atoms with Gasteiger partial charge in [0.05, 0.1) is 8.07 Å². The van der Waals surface area contributed by atoms with Gasteiger partial charge in [-0.15, -0.1) is 0 Å². The van der Waals surface area contributed by atoms with Crippen LogP contribution in [-0.4, -0.2) is 36.7 Å². The second-order valence-corrected chi connectivity index (χ2v) is 11.7. The smallest absolute Gasteiger partial charge is 0.321 e. The van der Waals surface area contributed by atoms with Crippen LogP contribution in [0.3, 0.4) is 0 Å². The van der Waals surface area contributed by atoms with Crippen molar-refractivity contribution in [3.63, 3.8) is 0 Å². The molecule has 0 fully saturated rings. The van der Waals surface area contributed by atoms with E-state index in [1.165, 1.54) is 17.7 Å². The standard InChI is InChI=1S/C15H25NO2SSi/c1-20(2,13-8-4-3-5-9-13)11-7-6-10-19-12-14(16)15(17)18/h3-5,8-9,14H,6-7,10-12,16H2,1-2H3,(H,17,18). The summed E-state index contributed by atoms with van der Waals surface area (Å²) in [5, 5.41) is 10.2. The van der Waals surface area contributed by atoms with E-state index in [0.29, 0.717) is 5.75 Å². The lowest BCUT2D eigenvalue weighted by Gasteiger charge is -2.22. The van der Waals surface area contributed by atoms with Gasteiger partial charge in [0, 0.05) is 5.75 Å². The predicted molar refractivity (Wildman–Crippen MR) is 90.5 cm³/mol. The zero-order chi connectivity index (χ0) is 15.0. The number of aliphatic carboxylic acids is 1. The van der Waals surface area contributed by atoms with Crippen molar-refractivity contribution < 1.29 is 9.90 Å². The molecule has 1 aromatic carbocycles. The Morgan fingerprint density at radius 3 is 2.55 bits per heavy atom. The van der Waals surface area contributed by atoms with Crippen LogP contribution in [0.1, 0.15) is 12.8 Å². The average Bonchev–Trinajstić information content (AvgIpc) is 2.43. The van der Waals surface area contributed by atoms with Crippen molar-refractivity contribution in [1.82, 2.24) is 0 Å². The number of carboxylic acids is 1. The van der Waals surface area contributed by atoms with Crippen LogP contribution in [0.15, 0.2) is 30.3 Å². The maximum Gasteiger partial charge on any atom is 0.321 e. The molecule has 3 nitrogen and oxygen atoms in total. The van der Waals surface area contributed by atoms with E-state index in [9.17, 15) is 4.79 Å². The lowest BCUT2D eigenvalue weighted by Crippen LogP contribution is -2.40. The van der Waals surface area contributed by atoms with Crippen molar-refractivity contribution in [2.24, 2.45) is 5.73 Å². The Kier molecular flexibility index (Phi) is 7.33. The first-order chi connectivity index (χ1) is 9.43. The number of nitrogens with two attached hydrogens (primary N) is 1. The van der Waals surface area contributed by atoms with Crippen LogP contribution >= 0.6 is 11.8 Å². The molecule has 0 bridgehead atoms. The summed E-state index contributed by atoms with van der Waals surface area (Å²) >= 11 is 1.65. The van der Waals surface area contributed by atoms with Gasteiger partial charge >= 0.3 is 5.97 Å². The number of hydrogen-bond acceptors (Lipinski definition) is 3. The Morgan fingerprint density at radius 2 is 1.95 bits per heavy atom. The van der Waals surface area contributed by atoms with E-state index in [0.717, 1.165) is 12.2 Å². The van der Waals surface area contributed by atoms with E-state index < -0.39 is 20.1 Å². The van der Waals surface area contributed by atoms with Crippen molar-refractivity contribution >= 4 is 31.0 Å². The third kappa shape index (κ3) is 6.11. The quantitative estimate of drug-likeness (QED) is 0.543. The number of hydrogen-bond donors (Lipinski definition) is 2. The van der Waals surface area contributed by atoms with E-state index in [1.807, 2.05) is 0 Å². The van der Waals surface area contributed by atoms with Crippen molar-refractivity contribution in [3.8, 4) is 0 Å². The Morgan fingerprint density at radius 1 is 1.30 bits per heavy atom. The van der Waals surface area contributed by atoms with Crippen LogP contribution in [0.25, 0.3) is 0 Å². The molecule has 0 saturated heterocycles. The molecule has 0 heterocycles. The minimum absolute atomic E-state index is 0.509. The van der Waals surface area contributed by atoms with Crippen LogP contribution < -0.4 is 10.9 Å². The van der Waals surface area contributed by atoms with E-state index in [4.69, 9.17) is 10.8 Å². The molecular weight excluding hydrogens is 286 g/mol. The number of carboxylic acid groups (broad SMARTS) is 1. The Bertz CT molecular complexity index is 412. The summed E-state index contributed by atoms with van der Waals surface area (Å²) in [6.45, 7) is 4.83. The molecule has 1 rings (SSSR count). The molecule has 0 saturated carbocycles. The molecule has 0 amide bonds. The number of benzene rings is 1. The van der Waals surface area contributed by atoms with Gasteiger partial charge in [0.2, 0.25) is 0 Å². The lowest BCUT2D eigenvalue weighted by molar-refractivity contribution is -0.137. The fourth-order valence-electron chi connectivity index (χ4n) is 2.09. The molecule has 0 spiro atoms. The molecule has 0 aliphatic carbocycles. The summed E-state index contributed by atoms with van der Waals surface area (Å²) < 4.78 is 0. The van der Waals surface area contributed by atoms with E-state index in [2.05, 4.69) is 43.4 Å². The minimum Gasteiger partial charge on any atom is -0.480 e. The SMILES string of the molecule is C[Si](C)(CCCCSCC(N)C(=O)O)c1ccccc1. The third-order valence-electron chi connectivity index (χ3n) is 3.51. The minimum atomic E-state index is -1.31. The van der Waals surface area contributed by atoms with Gasteiger partial charge in [0.25, 0.3) is 0 Å². The summed E-state index contributed by atoms with van der Waals surface area (Å²) in [6, 6.07) is 11.3. The molecule has 0 aliphatic heterocycles. The first-order valence-electron chi connectivity index (χ1n) is 7.05. The van der Waals surface area contributed by atoms with Crippen LogP contribution in [0.5, 0.6) is 0 Å². The predicted octanol–water partition coefficient (Wildman–Crippen LogP) is 2.53. The first-order valence-corrected chi connectivity index (χ1v) is 11.4. The molecule has 1 aromatic rings. The van der Waals surface area contributed by atoms with Gasteiger partial charge < -0.3 is 10.8 Å². The normalized spacial score (nSPS) is 13.2. The highest BCUT2D eigenvalue weighted by Crippen LogP contribution is 2.16. The third-order valence-corrected chi connectivity index (χ3v) is 8.18. The molecule has 1 unspecified atom stereocenters. The number of unbranched alkanes of at least 4 members (excludes halogenated alkanes) is 1. The van der Waals surface area contributed by atoms with E-state index in [1.54, 1.807) is 11.8 Å². The first kappa shape index (κ1) is 17.3. The second-order valence-electron chi connectivity index (χ2n) is 5.73. The van der Waals surface area contributed by atoms with Gasteiger partial charge in [-0.3, -0.25) is 4.79 Å². The molecule has 0 aromatic heterocycles. The topological polar surface area (TPSA) is 63.3 Å². The number of carbonyl (C=O) groups is 1. The van der Waals surface area contributed by atoms with Crippen LogP contribution in [0, 0.1) is 0 Å². The van der Waals surface area contributed by atoms with Gasteiger partial charge in [-0.25, -0.2) is 0 Å². The molecule has 1 atom stereocenters. The highest BCUT2D eigenvalue weighted by Gasteiger charge is 2.22. The molecule has 0 radical (unpaired) electrons. The average molecular weight is 312 g/mol. The van der Waals surface area contributed by atoms with Gasteiger partial charge in [0.1, 0.15) is 6.04 Å². The van der Waals surface area contributed by atoms with E-state index >= 15 is 0 Å². The highest BCUT2D eigenvalue weighted by atomic mass is 32.2. The molecule has 0 aliphatic rings. The van der Waals surface area contributed by atoms with Crippen LogP contribution in [0.4, 0.5) is 0 Å². The largest absolute Gasteiger partial charge is 0.480 e.